The Morgan fingerprint density at radius 2 is 2.17 bits per heavy atom. The molecule has 0 amide bonds. The van der Waals surface area contributed by atoms with Crippen LogP contribution >= 0.6 is 0 Å². The minimum Gasteiger partial charge on any atom is -0.478 e. The summed E-state index contributed by atoms with van der Waals surface area (Å²) >= 11 is 0. The Hall–Kier alpha value is -0.790. The molecule has 0 bridgehead atoms. The highest BCUT2D eigenvalue weighted by molar-refractivity contribution is 5.84. The Bertz CT molecular complexity index is 75.7. The van der Waals surface area contributed by atoms with Crippen LogP contribution < -0.4 is 0 Å². The van der Waals surface area contributed by atoms with Crippen molar-refractivity contribution in [2.45, 2.75) is 6.92 Å². The van der Waals surface area contributed by atoms with E-state index in [0.717, 1.165) is 0 Å². The van der Waals surface area contributed by atoms with Crippen molar-refractivity contribution in [2.75, 3.05) is 0 Å². The molecule has 0 heterocycles. The number of rotatable bonds is 1. The first-order valence-corrected chi connectivity index (χ1v) is 1.53. The van der Waals surface area contributed by atoms with Gasteiger partial charge in [-0.3, -0.25) is 0 Å². The maximum absolute atomic E-state index is 9.60. The van der Waals surface area contributed by atoms with Crippen LogP contribution in [-0.4, -0.2) is 11.1 Å². The number of carboxylic acid groups (broad SMARTS) is 1. The van der Waals surface area contributed by atoms with E-state index in [1.807, 2.05) is 0 Å². The first-order valence-electron chi connectivity index (χ1n) is 1.53. The molecular weight excluding hydrogens is 80.0 g/mol. The van der Waals surface area contributed by atoms with Crippen LogP contribution in [0.3, 0.4) is 0 Å². The molecule has 0 aliphatic rings. The Balaban J connectivity index is 0. The lowest BCUT2D eigenvalue weighted by Gasteiger charge is -1.79. The zero-order valence-corrected chi connectivity index (χ0v) is 3.56. The molecule has 0 fully saturated rings. The van der Waals surface area contributed by atoms with Gasteiger partial charge in [-0.25, -0.2) is 4.79 Å². The van der Waals surface area contributed by atoms with Crippen molar-refractivity contribution in [3.05, 3.63) is 12.2 Å². The summed E-state index contributed by atoms with van der Waals surface area (Å²) in [6, 6.07) is 0. The quantitative estimate of drug-likeness (QED) is 0.485. The third-order valence-corrected chi connectivity index (χ3v) is 0.365. The predicted octanol–water partition coefficient (Wildman–Crippen LogP) is 0.893. The molecule has 0 spiro atoms. The Labute approximate surface area is 37.6 Å². The van der Waals surface area contributed by atoms with Gasteiger partial charge in [0.25, 0.3) is 0 Å². The van der Waals surface area contributed by atoms with E-state index in [-0.39, 0.29) is 7.00 Å². The van der Waals surface area contributed by atoms with Crippen LogP contribution in [0, 0.1) is 0 Å². The minimum absolute atomic E-state index is 0. The van der Waals surface area contributed by atoms with Crippen molar-refractivity contribution in [3.8, 4) is 0 Å². The van der Waals surface area contributed by atoms with E-state index >= 15 is 0 Å². The van der Waals surface area contributed by atoms with Crippen molar-refractivity contribution >= 4 is 5.97 Å². The average molecular weight is 90.1 g/mol. The number of aliphatic carboxylic acids is 1. The molecule has 0 aromatic heterocycles. The molecule has 0 aliphatic carbocycles. The molecule has 0 atom stereocenters. The third kappa shape index (κ3) is 1.52. The lowest BCUT2D eigenvalue weighted by molar-refractivity contribution is -0.132. The van der Waals surface area contributed by atoms with Crippen LogP contribution in [0.25, 0.3) is 0 Å². The summed E-state index contributed by atoms with van der Waals surface area (Å²) in [7, 11) is 0. The van der Waals surface area contributed by atoms with Gasteiger partial charge in [-0.15, -0.1) is 0 Å². The van der Waals surface area contributed by atoms with Gasteiger partial charge in [0.05, 0.1) is 0 Å². The van der Waals surface area contributed by atoms with Crippen molar-refractivity contribution in [3.63, 3.8) is 0 Å². The fourth-order valence-electron chi connectivity index (χ4n) is 0. The molecule has 0 aromatic rings. The van der Waals surface area contributed by atoms with Crippen LogP contribution in [0.15, 0.2) is 12.2 Å². The number of hydrogen-bond acceptors (Lipinski definition) is 1. The first-order chi connectivity index (χ1) is 2.64. The largest absolute Gasteiger partial charge is 0.478 e. The van der Waals surface area contributed by atoms with Crippen LogP contribution in [0.4, 0.5) is 0 Å². The minimum atomic E-state index is -0.935. The molecule has 0 aromatic carbocycles. The maximum atomic E-state index is 9.60. The summed E-state index contributed by atoms with van der Waals surface area (Å²) in [4.78, 5) is 9.60. The monoisotopic (exact) mass is 90.1 g/mol. The maximum Gasteiger partial charge on any atom is 0.330 e. The molecule has 0 saturated carbocycles. The van der Waals surface area contributed by atoms with Gasteiger partial charge in [-0.05, 0) is 6.92 Å². The topological polar surface area (TPSA) is 37.3 Å². The Morgan fingerprint density at radius 3 is 2.17 bits per heavy atom. The van der Waals surface area contributed by atoms with Gasteiger partial charge in [-0.1, -0.05) is 6.58 Å². The van der Waals surface area contributed by atoms with Crippen LogP contribution in [0.1, 0.15) is 8.35 Å². The zero-order valence-electron chi connectivity index (χ0n) is 3.56. The van der Waals surface area contributed by atoms with E-state index in [9.17, 15) is 4.79 Å². The van der Waals surface area contributed by atoms with Crippen LogP contribution in [-0.2, 0) is 4.79 Å². The van der Waals surface area contributed by atoms with E-state index in [1.165, 1.54) is 6.92 Å². The van der Waals surface area contributed by atoms with E-state index < -0.39 is 5.97 Å². The lowest BCUT2D eigenvalue weighted by atomic mass is 10.4. The molecular formula is C4H8O2. The van der Waals surface area contributed by atoms with Crippen LogP contribution in [0.2, 0.25) is 0 Å². The van der Waals surface area contributed by atoms with Crippen molar-refractivity contribution in [1.29, 1.82) is 0 Å². The van der Waals surface area contributed by atoms with Crippen molar-refractivity contribution in [2.24, 2.45) is 0 Å². The summed E-state index contributed by atoms with van der Waals surface area (Å²) in [5.74, 6) is -0.935. The highest BCUT2D eigenvalue weighted by Crippen LogP contribution is 1.81. The molecule has 1 N–H and O–H groups in total. The predicted molar refractivity (Wildman–Crippen MR) is 24.6 cm³/mol. The van der Waals surface area contributed by atoms with E-state index in [0.29, 0.717) is 0 Å². The summed E-state index contributed by atoms with van der Waals surface area (Å²) in [6.07, 6.45) is 0. The van der Waals surface area contributed by atoms with Gasteiger partial charge < -0.3 is 5.11 Å². The standard InChI is InChI=1S/C4H6O2.H2/c1-3(2)4(5)6;/h1H2,2H3,(H,5,6);1H/i;1+2. The van der Waals surface area contributed by atoms with Gasteiger partial charge >= 0.3 is 5.97 Å². The van der Waals surface area contributed by atoms with E-state index in [4.69, 9.17) is 5.11 Å². The molecule has 0 rings (SSSR count). The summed E-state index contributed by atoms with van der Waals surface area (Å²) < 4.78 is 0. The van der Waals surface area contributed by atoms with Crippen LogP contribution in [0.5, 0.6) is 0 Å². The molecule has 0 saturated heterocycles. The second-order valence-corrected chi connectivity index (χ2v) is 1.09. The molecule has 0 unspecified atom stereocenters. The Kier molecular flexibility index (Phi) is 1.39. The summed E-state index contributed by atoms with van der Waals surface area (Å²) in [5.41, 5.74) is 0.176. The summed E-state index contributed by atoms with van der Waals surface area (Å²) in [6.45, 7) is 4.60. The fraction of sp³-hybridized carbons (Fsp3) is 0.250. The van der Waals surface area contributed by atoms with E-state index in [2.05, 4.69) is 6.58 Å². The molecule has 2 heteroatoms. The second kappa shape index (κ2) is 1.60. The molecule has 6 heavy (non-hydrogen) atoms. The SMILES string of the molecule is C=C(C)C(=O)O.[3HH]. The number of carboxylic acids is 1. The van der Waals surface area contributed by atoms with Gasteiger partial charge in [0.15, 0.2) is 0 Å². The number of hydrogen-bond donors (Lipinski definition) is 1. The molecule has 0 radical (unpaired) electrons. The molecule has 36 valence electrons. The highest BCUT2D eigenvalue weighted by Gasteiger charge is 1.90. The van der Waals surface area contributed by atoms with Crippen molar-refractivity contribution in [1.82, 2.24) is 0 Å². The fourth-order valence-corrected chi connectivity index (χ4v) is 0. The van der Waals surface area contributed by atoms with Gasteiger partial charge in [0.2, 0.25) is 0 Å². The Morgan fingerprint density at radius 1 is 2.00 bits per heavy atom. The summed E-state index contributed by atoms with van der Waals surface area (Å²) in [5, 5.41) is 7.89. The highest BCUT2D eigenvalue weighted by atomic mass is 16.4. The normalized spacial score (nSPS) is 7.50. The van der Waals surface area contributed by atoms with Gasteiger partial charge in [-0.2, -0.15) is 0 Å². The van der Waals surface area contributed by atoms with Gasteiger partial charge in [0, 0.05) is 7.00 Å². The zero-order chi connectivity index (χ0) is 5.15. The number of carbonyl (C=O) groups is 1. The van der Waals surface area contributed by atoms with Gasteiger partial charge in [0.1, 0.15) is 0 Å². The first kappa shape index (κ1) is 5.21. The average Bonchev–Trinajstić information content (AvgIpc) is 1.36. The van der Waals surface area contributed by atoms with E-state index in [1.54, 1.807) is 0 Å². The smallest absolute Gasteiger partial charge is 0.330 e. The van der Waals surface area contributed by atoms with Crippen molar-refractivity contribution < 1.29 is 11.3 Å². The molecule has 0 aliphatic heterocycles. The third-order valence-electron chi connectivity index (χ3n) is 0.365. The molecule has 2 nitrogen and oxygen atoms in total. The second-order valence-electron chi connectivity index (χ2n) is 1.09. The lowest BCUT2D eigenvalue weighted by Crippen LogP contribution is -1.92.